The zero-order valence-electron chi connectivity index (χ0n) is 8.85. The predicted molar refractivity (Wildman–Crippen MR) is 71.0 cm³/mol. The van der Waals surface area contributed by atoms with Crippen LogP contribution in [0.25, 0.3) is 6.08 Å². The maximum atomic E-state index is 11.4. The van der Waals surface area contributed by atoms with Crippen LogP contribution in [0.5, 0.6) is 0 Å². The summed E-state index contributed by atoms with van der Waals surface area (Å²) in [5.41, 5.74) is 0. The highest BCUT2D eigenvalue weighted by Crippen LogP contribution is 2.11. The summed E-state index contributed by atoms with van der Waals surface area (Å²) in [6, 6.07) is 7.22. The monoisotopic (exact) mass is 343 g/mol. The Morgan fingerprint density at radius 3 is 2.94 bits per heavy atom. The number of carbonyl (C=O) groups excluding carboxylic acids is 1. The molecule has 1 amide bonds. The number of nitrogens with one attached hydrogen (secondary N) is 1. The van der Waals surface area contributed by atoms with Crippen LogP contribution in [0.3, 0.4) is 0 Å². The molecule has 0 saturated carbocycles. The Kier molecular flexibility index (Phi) is 4.03. The van der Waals surface area contributed by atoms with E-state index < -0.39 is 0 Å². The van der Waals surface area contributed by atoms with E-state index in [0.717, 1.165) is 9.53 Å². The number of amides is 1. The molecule has 0 spiro atoms. The van der Waals surface area contributed by atoms with Gasteiger partial charge in [-0.3, -0.25) is 4.79 Å². The molecule has 0 fully saturated rings. The van der Waals surface area contributed by atoms with Gasteiger partial charge in [0.25, 0.3) is 0 Å². The third-order valence-electron chi connectivity index (χ3n) is 2.01. The Morgan fingerprint density at radius 2 is 2.29 bits per heavy atom. The van der Waals surface area contributed by atoms with Gasteiger partial charge in [0.15, 0.2) is 3.77 Å². The molecule has 0 unspecified atom stereocenters. The number of rotatable bonds is 4. The minimum atomic E-state index is -0.187. The first kappa shape index (κ1) is 12.0. The van der Waals surface area contributed by atoms with Crippen LogP contribution in [0.15, 0.2) is 45.4 Å². The molecular formula is C12H10INO3. The van der Waals surface area contributed by atoms with E-state index in [9.17, 15) is 4.79 Å². The van der Waals surface area contributed by atoms with Gasteiger partial charge in [0, 0.05) is 6.08 Å². The molecule has 1 N–H and O–H groups in total. The standard InChI is InChI=1S/C12H10INO3/c13-11-5-3-9(17-11)4-6-12(15)14-8-10-2-1-7-16-10/h1-7H,8H2,(H,14,15)/b6-4+. The Morgan fingerprint density at radius 1 is 1.41 bits per heavy atom. The average molecular weight is 343 g/mol. The van der Waals surface area contributed by atoms with Crippen molar-refractivity contribution in [3.05, 3.63) is 51.9 Å². The van der Waals surface area contributed by atoms with E-state index in [4.69, 9.17) is 8.83 Å². The van der Waals surface area contributed by atoms with E-state index >= 15 is 0 Å². The van der Waals surface area contributed by atoms with E-state index in [2.05, 4.69) is 27.9 Å². The average Bonchev–Trinajstić information content (AvgIpc) is 2.95. The Hall–Kier alpha value is -1.50. The van der Waals surface area contributed by atoms with Crippen LogP contribution in [0.4, 0.5) is 0 Å². The number of furan rings is 2. The lowest BCUT2D eigenvalue weighted by atomic mass is 10.3. The van der Waals surface area contributed by atoms with Gasteiger partial charge in [-0.25, -0.2) is 0 Å². The summed E-state index contributed by atoms with van der Waals surface area (Å²) in [7, 11) is 0. The van der Waals surface area contributed by atoms with Gasteiger partial charge in [-0.15, -0.1) is 0 Å². The molecule has 5 heteroatoms. The van der Waals surface area contributed by atoms with E-state index in [1.54, 1.807) is 30.5 Å². The highest BCUT2D eigenvalue weighted by molar-refractivity contribution is 14.1. The minimum absolute atomic E-state index is 0.187. The van der Waals surface area contributed by atoms with Crippen molar-refractivity contribution in [3.8, 4) is 0 Å². The van der Waals surface area contributed by atoms with Crippen molar-refractivity contribution in [2.75, 3.05) is 0 Å². The largest absolute Gasteiger partial charge is 0.467 e. The molecular weight excluding hydrogens is 333 g/mol. The zero-order chi connectivity index (χ0) is 12.1. The smallest absolute Gasteiger partial charge is 0.244 e. The van der Waals surface area contributed by atoms with E-state index in [-0.39, 0.29) is 5.91 Å². The summed E-state index contributed by atoms with van der Waals surface area (Å²) >= 11 is 2.07. The lowest BCUT2D eigenvalue weighted by Crippen LogP contribution is -2.19. The quantitative estimate of drug-likeness (QED) is 0.686. The van der Waals surface area contributed by atoms with E-state index in [1.807, 2.05) is 6.07 Å². The summed E-state index contributed by atoms with van der Waals surface area (Å²) < 4.78 is 11.2. The van der Waals surface area contributed by atoms with Gasteiger partial charge in [-0.2, -0.15) is 0 Å². The summed E-state index contributed by atoms with van der Waals surface area (Å²) in [4.78, 5) is 11.4. The van der Waals surface area contributed by atoms with Crippen LogP contribution < -0.4 is 5.32 Å². The molecule has 0 aliphatic carbocycles. The first-order valence-corrected chi connectivity index (χ1v) is 6.05. The van der Waals surface area contributed by atoms with Gasteiger partial charge in [0.1, 0.15) is 11.5 Å². The Bertz CT molecular complexity index is 514. The second-order valence-corrected chi connectivity index (χ2v) is 4.34. The highest BCUT2D eigenvalue weighted by Gasteiger charge is 1.99. The number of hydrogen-bond acceptors (Lipinski definition) is 3. The van der Waals surface area contributed by atoms with E-state index in [1.165, 1.54) is 6.08 Å². The minimum Gasteiger partial charge on any atom is -0.467 e. The molecule has 0 aliphatic heterocycles. The molecule has 0 aliphatic rings. The van der Waals surface area contributed by atoms with Gasteiger partial charge in [-0.1, -0.05) is 0 Å². The first-order chi connectivity index (χ1) is 8.24. The normalized spacial score (nSPS) is 10.9. The topological polar surface area (TPSA) is 55.4 Å². The van der Waals surface area contributed by atoms with Crippen LogP contribution in [0.1, 0.15) is 11.5 Å². The maximum Gasteiger partial charge on any atom is 0.244 e. The van der Waals surface area contributed by atoms with Gasteiger partial charge >= 0.3 is 0 Å². The third kappa shape index (κ3) is 3.77. The number of halogens is 1. The van der Waals surface area contributed by atoms with Gasteiger partial charge in [0.05, 0.1) is 12.8 Å². The van der Waals surface area contributed by atoms with Crippen molar-refractivity contribution in [2.24, 2.45) is 0 Å². The third-order valence-corrected chi connectivity index (χ3v) is 2.59. The van der Waals surface area contributed by atoms with Crippen molar-refractivity contribution in [1.29, 1.82) is 0 Å². The fraction of sp³-hybridized carbons (Fsp3) is 0.0833. The van der Waals surface area contributed by atoms with E-state index in [0.29, 0.717) is 12.3 Å². The van der Waals surface area contributed by atoms with Crippen molar-refractivity contribution < 1.29 is 13.6 Å². The first-order valence-electron chi connectivity index (χ1n) is 4.97. The molecule has 88 valence electrons. The van der Waals surface area contributed by atoms with Crippen LogP contribution in [-0.2, 0) is 11.3 Å². The lowest BCUT2D eigenvalue weighted by molar-refractivity contribution is -0.116. The molecule has 17 heavy (non-hydrogen) atoms. The Labute approximate surface area is 112 Å². The second kappa shape index (κ2) is 5.72. The molecule has 4 nitrogen and oxygen atoms in total. The molecule has 2 rings (SSSR count). The SMILES string of the molecule is O=C(/C=C/c1ccc(I)o1)NCc1ccco1. The number of carbonyl (C=O) groups is 1. The summed E-state index contributed by atoms with van der Waals surface area (Å²) in [5, 5.41) is 2.70. The molecule has 2 heterocycles. The summed E-state index contributed by atoms with van der Waals surface area (Å²) in [5.74, 6) is 1.19. The van der Waals surface area contributed by atoms with Gasteiger partial charge < -0.3 is 14.2 Å². The Balaban J connectivity index is 1.83. The predicted octanol–water partition coefficient (Wildman–Crippen LogP) is 2.81. The fourth-order valence-electron chi connectivity index (χ4n) is 1.22. The van der Waals surface area contributed by atoms with Crippen molar-refractivity contribution >= 4 is 34.6 Å². The van der Waals surface area contributed by atoms with Gasteiger partial charge in [-0.05, 0) is 52.9 Å². The molecule has 0 atom stereocenters. The lowest BCUT2D eigenvalue weighted by Gasteiger charge is -1.97. The molecule has 0 bridgehead atoms. The number of hydrogen-bond donors (Lipinski definition) is 1. The fourth-order valence-corrected chi connectivity index (χ4v) is 1.66. The highest BCUT2D eigenvalue weighted by atomic mass is 127. The molecule has 2 aromatic heterocycles. The van der Waals surface area contributed by atoms with Crippen LogP contribution >= 0.6 is 22.6 Å². The summed E-state index contributed by atoms with van der Waals surface area (Å²) in [6.45, 7) is 0.381. The molecule has 0 saturated heterocycles. The zero-order valence-corrected chi connectivity index (χ0v) is 11.0. The van der Waals surface area contributed by atoms with Gasteiger partial charge in [0.2, 0.25) is 5.91 Å². The van der Waals surface area contributed by atoms with Crippen molar-refractivity contribution in [2.45, 2.75) is 6.54 Å². The van der Waals surface area contributed by atoms with Crippen LogP contribution in [0, 0.1) is 3.77 Å². The maximum absolute atomic E-state index is 11.4. The van der Waals surface area contributed by atoms with Crippen LogP contribution in [0.2, 0.25) is 0 Å². The van der Waals surface area contributed by atoms with Crippen LogP contribution in [-0.4, -0.2) is 5.91 Å². The van der Waals surface area contributed by atoms with Crippen molar-refractivity contribution in [3.63, 3.8) is 0 Å². The molecule has 2 aromatic rings. The second-order valence-electron chi connectivity index (χ2n) is 3.27. The van der Waals surface area contributed by atoms with Crippen molar-refractivity contribution in [1.82, 2.24) is 5.32 Å². The molecule has 0 aromatic carbocycles. The summed E-state index contributed by atoms with van der Waals surface area (Å²) in [6.07, 6.45) is 4.62. The molecule has 0 radical (unpaired) electrons.